The quantitative estimate of drug-likeness (QED) is 0.330. The zero-order chi connectivity index (χ0) is 18.1. The van der Waals surface area contributed by atoms with E-state index in [4.69, 9.17) is 0 Å². The fourth-order valence-corrected chi connectivity index (χ4v) is 2.25. The molecule has 142 valence electrons. The Morgan fingerprint density at radius 1 is 1.31 bits per heavy atom. The van der Waals surface area contributed by atoms with Crippen molar-refractivity contribution < 1.29 is 4.79 Å². The van der Waals surface area contributed by atoms with Crippen LogP contribution in [0.25, 0.3) is 0 Å². The third-order valence-electron chi connectivity index (χ3n) is 3.26. The van der Waals surface area contributed by atoms with Gasteiger partial charge in [0.1, 0.15) is 6.54 Å². The Morgan fingerprint density at radius 3 is 2.77 bits per heavy atom. The number of benzene rings is 1. The number of aliphatic imine (C=N–C) groups is 1. The maximum absolute atomic E-state index is 12.0. The van der Waals surface area contributed by atoms with E-state index in [-0.39, 0.29) is 36.4 Å². The van der Waals surface area contributed by atoms with Crippen LogP contribution in [0.2, 0.25) is 0 Å². The predicted octanol–water partition coefficient (Wildman–Crippen LogP) is 2.60. The van der Waals surface area contributed by atoms with Crippen LogP contribution >= 0.6 is 24.0 Å². The van der Waals surface area contributed by atoms with Crippen molar-refractivity contribution in [3.8, 4) is 0 Å². The minimum Gasteiger partial charge on any atom is -0.357 e. The van der Waals surface area contributed by atoms with E-state index in [0.717, 1.165) is 23.8 Å². The van der Waals surface area contributed by atoms with Gasteiger partial charge in [-0.2, -0.15) is 5.10 Å². The number of amides is 1. The maximum Gasteiger partial charge on any atom is 0.246 e. The largest absolute Gasteiger partial charge is 0.357 e. The van der Waals surface area contributed by atoms with Crippen LogP contribution in [-0.4, -0.2) is 34.2 Å². The minimum absolute atomic E-state index is 0. The summed E-state index contributed by atoms with van der Waals surface area (Å²) >= 11 is 0. The molecule has 8 heteroatoms. The number of carbonyl (C=O) groups excluding carboxylic acids is 1. The number of carbonyl (C=O) groups is 1. The maximum atomic E-state index is 12.0. The summed E-state index contributed by atoms with van der Waals surface area (Å²) < 4.78 is 1.59. The monoisotopic (exact) mass is 470 g/mol. The summed E-state index contributed by atoms with van der Waals surface area (Å²) in [6, 6.07) is 9.81. The van der Waals surface area contributed by atoms with Gasteiger partial charge in [0.2, 0.25) is 5.91 Å². The van der Waals surface area contributed by atoms with E-state index in [0.29, 0.717) is 12.6 Å². The number of hydrogen-bond acceptors (Lipinski definition) is 3. The molecule has 0 saturated heterocycles. The van der Waals surface area contributed by atoms with Crippen molar-refractivity contribution in [1.82, 2.24) is 20.4 Å². The van der Waals surface area contributed by atoms with Crippen molar-refractivity contribution in [2.24, 2.45) is 4.99 Å². The molecule has 2 aromatic rings. The van der Waals surface area contributed by atoms with E-state index in [1.165, 1.54) is 0 Å². The highest BCUT2D eigenvalue weighted by atomic mass is 127. The summed E-state index contributed by atoms with van der Waals surface area (Å²) in [5.74, 6) is 0.671. The Bertz CT molecular complexity index is 699. The molecule has 1 aromatic carbocycles. The average molecular weight is 470 g/mol. The van der Waals surface area contributed by atoms with Gasteiger partial charge in [-0.3, -0.25) is 9.48 Å². The van der Waals surface area contributed by atoms with Gasteiger partial charge in [-0.25, -0.2) is 4.99 Å². The molecule has 26 heavy (non-hydrogen) atoms. The van der Waals surface area contributed by atoms with Gasteiger partial charge in [0.05, 0.1) is 6.54 Å². The van der Waals surface area contributed by atoms with E-state index in [9.17, 15) is 4.79 Å². The predicted molar refractivity (Wildman–Crippen MR) is 116 cm³/mol. The molecule has 3 N–H and O–H groups in total. The molecule has 1 aromatic heterocycles. The van der Waals surface area contributed by atoms with Crippen molar-refractivity contribution in [2.75, 3.05) is 11.9 Å². The molecule has 0 aliphatic heterocycles. The van der Waals surface area contributed by atoms with Crippen LogP contribution < -0.4 is 16.0 Å². The number of anilines is 1. The zero-order valence-electron chi connectivity index (χ0n) is 15.4. The van der Waals surface area contributed by atoms with Crippen LogP contribution in [-0.2, 0) is 17.9 Å². The van der Waals surface area contributed by atoms with Crippen molar-refractivity contribution in [3.63, 3.8) is 0 Å². The summed E-state index contributed by atoms with van der Waals surface area (Å²) in [5.41, 5.74) is 1.78. The third-order valence-corrected chi connectivity index (χ3v) is 3.26. The Kier molecular flexibility index (Phi) is 9.71. The molecule has 0 atom stereocenters. The van der Waals surface area contributed by atoms with E-state index >= 15 is 0 Å². The van der Waals surface area contributed by atoms with Gasteiger partial charge in [0, 0.05) is 30.7 Å². The lowest BCUT2D eigenvalue weighted by atomic mass is 10.2. The van der Waals surface area contributed by atoms with Gasteiger partial charge >= 0.3 is 0 Å². The van der Waals surface area contributed by atoms with Crippen molar-refractivity contribution in [3.05, 3.63) is 48.3 Å². The number of nitrogens with zero attached hydrogens (tertiary/aromatic N) is 3. The van der Waals surface area contributed by atoms with Gasteiger partial charge in [-0.1, -0.05) is 12.1 Å². The number of hydrogen-bond donors (Lipinski definition) is 3. The molecule has 1 heterocycles. The fraction of sp³-hybridized carbons (Fsp3) is 0.389. The topological polar surface area (TPSA) is 83.3 Å². The van der Waals surface area contributed by atoms with Crippen LogP contribution in [0.4, 0.5) is 5.69 Å². The number of halogens is 1. The summed E-state index contributed by atoms with van der Waals surface area (Å²) in [6.07, 6.45) is 3.41. The van der Waals surface area contributed by atoms with E-state index in [1.54, 1.807) is 23.1 Å². The lowest BCUT2D eigenvalue weighted by Crippen LogP contribution is -2.40. The molecule has 0 unspecified atom stereocenters. The normalized spacial score (nSPS) is 11.0. The Hall–Kier alpha value is -2.10. The molecule has 0 spiro atoms. The van der Waals surface area contributed by atoms with Crippen LogP contribution in [0.3, 0.4) is 0 Å². The second kappa shape index (κ2) is 11.5. The van der Waals surface area contributed by atoms with Crippen LogP contribution in [0, 0.1) is 0 Å². The Morgan fingerprint density at radius 2 is 2.12 bits per heavy atom. The highest BCUT2D eigenvalue weighted by Gasteiger charge is 2.05. The lowest BCUT2D eigenvalue weighted by molar-refractivity contribution is -0.116. The highest BCUT2D eigenvalue weighted by Crippen LogP contribution is 2.11. The molecular weight excluding hydrogens is 443 g/mol. The van der Waals surface area contributed by atoms with Gasteiger partial charge < -0.3 is 16.0 Å². The lowest BCUT2D eigenvalue weighted by Gasteiger charge is -2.14. The van der Waals surface area contributed by atoms with Gasteiger partial charge in [-0.05, 0) is 44.5 Å². The van der Waals surface area contributed by atoms with Crippen LogP contribution in [0.5, 0.6) is 0 Å². The molecule has 1 amide bonds. The first-order valence-corrected chi connectivity index (χ1v) is 8.48. The summed E-state index contributed by atoms with van der Waals surface area (Å²) in [6.45, 7) is 7.71. The third kappa shape index (κ3) is 7.85. The van der Waals surface area contributed by atoms with E-state index in [2.05, 4.69) is 39.9 Å². The minimum atomic E-state index is -0.112. The van der Waals surface area contributed by atoms with Crippen LogP contribution in [0.1, 0.15) is 26.3 Å². The van der Waals surface area contributed by atoms with Crippen molar-refractivity contribution in [2.45, 2.75) is 39.9 Å². The first-order valence-electron chi connectivity index (χ1n) is 8.48. The Balaban J connectivity index is 0.00000338. The van der Waals surface area contributed by atoms with Gasteiger partial charge in [0.25, 0.3) is 0 Å². The number of guanidine groups is 1. The molecule has 0 radical (unpaired) electrons. The van der Waals surface area contributed by atoms with Crippen molar-refractivity contribution in [1.29, 1.82) is 0 Å². The van der Waals surface area contributed by atoms with Gasteiger partial charge in [-0.15, -0.1) is 24.0 Å². The molecule has 2 rings (SSSR count). The van der Waals surface area contributed by atoms with Crippen LogP contribution in [0.15, 0.2) is 47.7 Å². The average Bonchev–Trinajstić information content (AvgIpc) is 3.05. The SMILES string of the molecule is CCNC(=NCc1cccc(NC(=O)Cn2cccn2)c1)NC(C)C.I. The Labute approximate surface area is 171 Å². The van der Waals surface area contributed by atoms with Crippen molar-refractivity contribution >= 4 is 41.5 Å². The highest BCUT2D eigenvalue weighted by molar-refractivity contribution is 14.0. The van der Waals surface area contributed by atoms with Gasteiger partial charge in [0.15, 0.2) is 5.96 Å². The fourth-order valence-electron chi connectivity index (χ4n) is 2.25. The first kappa shape index (κ1) is 21.9. The first-order chi connectivity index (χ1) is 12.1. The number of rotatable bonds is 7. The standard InChI is InChI=1S/C18H26N6O.HI/c1-4-19-18(22-14(2)3)20-12-15-7-5-8-16(11-15)23-17(25)13-24-10-6-9-21-24;/h5-11,14H,4,12-13H2,1-3H3,(H,23,25)(H2,19,20,22);1H. The van der Waals surface area contributed by atoms with E-state index < -0.39 is 0 Å². The second-order valence-corrected chi connectivity index (χ2v) is 5.95. The summed E-state index contributed by atoms with van der Waals surface area (Å²) in [5, 5.41) is 13.4. The molecule has 0 bridgehead atoms. The molecule has 0 saturated carbocycles. The number of aromatic nitrogens is 2. The molecule has 7 nitrogen and oxygen atoms in total. The number of nitrogens with one attached hydrogen (secondary N) is 3. The zero-order valence-corrected chi connectivity index (χ0v) is 17.7. The second-order valence-electron chi connectivity index (χ2n) is 5.95. The molecule has 0 aliphatic carbocycles. The molecule has 0 fully saturated rings. The molecule has 0 aliphatic rings. The summed E-state index contributed by atoms with van der Waals surface area (Å²) in [4.78, 5) is 16.6. The molecular formula is C18H27IN6O. The smallest absolute Gasteiger partial charge is 0.246 e. The summed E-state index contributed by atoms with van der Waals surface area (Å²) in [7, 11) is 0. The van der Waals surface area contributed by atoms with E-state index in [1.807, 2.05) is 31.2 Å².